The van der Waals surface area contributed by atoms with E-state index in [4.69, 9.17) is 5.11 Å². The number of halogens is 3. The number of carbonyl (C=O) groups is 1. The zero-order chi connectivity index (χ0) is 14.1. The lowest BCUT2D eigenvalue weighted by molar-refractivity contribution is -0.166. The molecule has 0 amide bonds. The number of hydrogen-bond acceptors (Lipinski definition) is 3. The predicted octanol–water partition coefficient (Wildman–Crippen LogP) is 2.15. The Bertz CT molecular complexity index is 440. The Labute approximate surface area is 102 Å². The van der Waals surface area contributed by atoms with Crippen LogP contribution >= 0.6 is 0 Å². The van der Waals surface area contributed by atoms with Crippen molar-refractivity contribution >= 4 is 5.97 Å². The fraction of sp³-hybridized carbons (Fsp3) is 0.700. The Morgan fingerprint density at radius 2 is 1.94 bits per heavy atom. The molecule has 0 saturated carbocycles. The maximum absolute atomic E-state index is 12.6. The summed E-state index contributed by atoms with van der Waals surface area (Å²) in [6.07, 6.45) is -4.88. The maximum Gasteiger partial charge on any atom is 0.410 e. The van der Waals surface area contributed by atoms with Gasteiger partial charge in [0.05, 0.1) is 17.8 Å². The van der Waals surface area contributed by atoms with E-state index in [1.165, 1.54) is 0 Å². The van der Waals surface area contributed by atoms with Gasteiger partial charge in [-0.05, 0) is 12.8 Å². The first-order valence-corrected chi connectivity index (χ1v) is 5.37. The van der Waals surface area contributed by atoms with E-state index in [1.807, 2.05) is 0 Å². The second kappa shape index (κ2) is 4.95. The van der Waals surface area contributed by atoms with Crippen molar-refractivity contribution in [3.63, 3.8) is 0 Å². The minimum atomic E-state index is -4.45. The summed E-state index contributed by atoms with van der Waals surface area (Å²) in [7, 11) is 0. The number of hydrogen-bond donors (Lipinski definition) is 1. The van der Waals surface area contributed by atoms with Crippen LogP contribution in [0.15, 0.2) is 0 Å². The molecule has 1 heterocycles. The molecule has 102 valence electrons. The van der Waals surface area contributed by atoms with Crippen molar-refractivity contribution < 1.29 is 23.1 Å². The molecule has 0 aliphatic carbocycles. The predicted molar refractivity (Wildman–Crippen MR) is 56.2 cm³/mol. The molecule has 0 saturated heterocycles. The van der Waals surface area contributed by atoms with Gasteiger partial charge < -0.3 is 5.11 Å². The molecule has 0 bridgehead atoms. The maximum atomic E-state index is 12.6. The van der Waals surface area contributed by atoms with Crippen LogP contribution in [-0.2, 0) is 11.2 Å². The van der Waals surface area contributed by atoms with Gasteiger partial charge in [0.25, 0.3) is 0 Å². The van der Waals surface area contributed by atoms with Crippen molar-refractivity contribution in [1.82, 2.24) is 15.0 Å². The number of aliphatic carboxylic acids is 1. The van der Waals surface area contributed by atoms with E-state index in [9.17, 15) is 18.0 Å². The second-order valence-electron chi connectivity index (χ2n) is 4.31. The van der Waals surface area contributed by atoms with Crippen LogP contribution in [0.4, 0.5) is 13.2 Å². The molecule has 1 unspecified atom stereocenters. The molecule has 1 aromatic heterocycles. The quantitative estimate of drug-likeness (QED) is 0.905. The highest BCUT2D eigenvalue weighted by Gasteiger charge is 2.40. The van der Waals surface area contributed by atoms with E-state index in [1.54, 1.807) is 13.8 Å². The highest BCUT2D eigenvalue weighted by Crippen LogP contribution is 2.32. The Hall–Kier alpha value is -1.60. The summed E-state index contributed by atoms with van der Waals surface area (Å²) in [5.74, 6) is -1.44. The highest BCUT2D eigenvalue weighted by molar-refractivity contribution is 5.69. The third kappa shape index (κ3) is 2.99. The van der Waals surface area contributed by atoms with E-state index in [0.717, 1.165) is 11.6 Å². The van der Waals surface area contributed by atoms with Gasteiger partial charge in [0.1, 0.15) is 6.04 Å². The summed E-state index contributed by atoms with van der Waals surface area (Å²) in [6, 6.07) is -1.83. The van der Waals surface area contributed by atoms with Crippen molar-refractivity contribution in [3.05, 3.63) is 11.4 Å². The first kappa shape index (κ1) is 14.5. The Balaban J connectivity index is 3.21. The first-order valence-electron chi connectivity index (χ1n) is 5.37. The van der Waals surface area contributed by atoms with Gasteiger partial charge in [-0.3, -0.25) is 4.79 Å². The summed E-state index contributed by atoms with van der Waals surface area (Å²) >= 11 is 0. The van der Waals surface area contributed by atoms with E-state index in [2.05, 4.69) is 10.3 Å². The van der Waals surface area contributed by atoms with E-state index in [-0.39, 0.29) is 17.3 Å². The number of carboxylic acid groups (broad SMARTS) is 1. The molecule has 18 heavy (non-hydrogen) atoms. The Kier molecular flexibility index (Phi) is 3.98. The van der Waals surface area contributed by atoms with Crippen LogP contribution in [0.2, 0.25) is 0 Å². The average Bonchev–Trinajstić information content (AvgIpc) is 2.57. The first-order chi connectivity index (χ1) is 8.14. The van der Waals surface area contributed by atoms with E-state index >= 15 is 0 Å². The smallest absolute Gasteiger partial charge is 0.410 e. The third-order valence-corrected chi connectivity index (χ3v) is 2.51. The Morgan fingerprint density at radius 3 is 2.33 bits per heavy atom. The number of nitrogens with zero attached hydrogens (tertiary/aromatic N) is 3. The number of alkyl halides is 3. The molecule has 5 nitrogen and oxygen atoms in total. The topological polar surface area (TPSA) is 68.0 Å². The summed E-state index contributed by atoms with van der Waals surface area (Å²) in [5, 5.41) is 15.7. The van der Waals surface area contributed by atoms with Crippen LogP contribution in [0, 0.1) is 0 Å². The lowest BCUT2D eigenvalue weighted by Crippen LogP contribution is -2.26. The summed E-state index contributed by atoms with van der Waals surface area (Å²) < 4.78 is 38.7. The average molecular weight is 265 g/mol. The minimum absolute atomic E-state index is 0.0774. The van der Waals surface area contributed by atoms with Gasteiger partial charge in [-0.2, -0.15) is 13.2 Å². The molecule has 8 heteroatoms. The summed E-state index contributed by atoms with van der Waals surface area (Å²) in [4.78, 5) is 10.6. The number of aromatic nitrogens is 3. The zero-order valence-electron chi connectivity index (χ0n) is 10.2. The largest absolute Gasteiger partial charge is 0.481 e. The van der Waals surface area contributed by atoms with E-state index < -0.39 is 24.6 Å². The van der Waals surface area contributed by atoms with E-state index in [0.29, 0.717) is 0 Å². The van der Waals surface area contributed by atoms with Gasteiger partial charge in [0, 0.05) is 0 Å². The van der Waals surface area contributed by atoms with Crippen LogP contribution in [0.25, 0.3) is 0 Å². The van der Waals surface area contributed by atoms with Gasteiger partial charge in [-0.25, -0.2) is 4.68 Å². The lowest BCUT2D eigenvalue weighted by atomic mass is 10.1. The number of rotatable bonds is 4. The summed E-state index contributed by atoms with van der Waals surface area (Å²) in [6.45, 7) is 4.30. The molecule has 0 fully saturated rings. The van der Waals surface area contributed by atoms with Crippen LogP contribution < -0.4 is 0 Å². The molecule has 1 N–H and O–H groups in total. The monoisotopic (exact) mass is 265 g/mol. The van der Waals surface area contributed by atoms with Gasteiger partial charge >= 0.3 is 12.1 Å². The van der Waals surface area contributed by atoms with Crippen LogP contribution in [-0.4, -0.2) is 32.2 Å². The normalized spacial score (nSPS) is 13.9. The van der Waals surface area contributed by atoms with Gasteiger partial charge in [-0.1, -0.05) is 19.1 Å². The number of carboxylic acids is 1. The lowest BCUT2D eigenvalue weighted by Gasteiger charge is -2.19. The molecule has 1 rings (SSSR count). The van der Waals surface area contributed by atoms with Crippen LogP contribution in [0.5, 0.6) is 0 Å². The van der Waals surface area contributed by atoms with Crippen LogP contribution in [0.3, 0.4) is 0 Å². The van der Waals surface area contributed by atoms with Crippen molar-refractivity contribution in [3.8, 4) is 0 Å². The molecular formula is C10H14F3N3O2. The van der Waals surface area contributed by atoms with Gasteiger partial charge in [0.2, 0.25) is 0 Å². The SMILES string of the molecule is CC(C)c1c(CC(=O)O)nnn1C(C)C(F)(F)F. The van der Waals surface area contributed by atoms with Crippen molar-refractivity contribution in [2.45, 2.75) is 45.3 Å². The fourth-order valence-electron chi connectivity index (χ4n) is 1.63. The zero-order valence-corrected chi connectivity index (χ0v) is 10.2. The van der Waals surface area contributed by atoms with Crippen molar-refractivity contribution in [2.24, 2.45) is 0 Å². The Morgan fingerprint density at radius 1 is 1.39 bits per heavy atom. The molecule has 0 aliphatic heterocycles. The molecule has 0 spiro atoms. The molecule has 1 aromatic rings. The highest BCUT2D eigenvalue weighted by atomic mass is 19.4. The van der Waals surface area contributed by atoms with Gasteiger partial charge in [0.15, 0.2) is 0 Å². The fourth-order valence-corrected chi connectivity index (χ4v) is 1.63. The van der Waals surface area contributed by atoms with Crippen molar-refractivity contribution in [2.75, 3.05) is 0 Å². The standard InChI is InChI=1S/C10H14F3N3O2/c1-5(2)9-7(4-8(17)18)14-15-16(9)6(3)10(11,12)13/h5-6H,4H2,1-3H3,(H,17,18). The minimum Gasteiger partial charge on any atom is -0.481 e. The van der Waals surface area contributed by atoms with Gasteiger partial charge in [-0.15, -0.1) is 5.10 Å². The molecule has 0 aromatic carbocycles. The summed E-state index contributed by atoms with van der Waals surface area (Å²) in [5.41, 5.74) is 0.288. The van der Waals surface area contributed by atoms with Crippen LogP contribution in [0.1, 0.15) is 44.1 Å². The molecule has 1 atom stereocenters. The van der Waals surface area contributed by atoms with Crippen molar-refractivity contribution in [1.29, 1.82) is 0 Å². The molecular weight excluding hydrogens is 251 g/mol. The molecule has 0 radical (unpaired) electrons. The third-order valence-electron chi connectivity index (χ3n) is 2.51. The molecule has 0 aliphatic rings. The second-order valence-corrected chi connectivity index (χ2v) is 4.31.